The zero-order valence-corrected chi connectivity index (χ0v) is 10.3. The van der Waals surface area contributed by atoms with Crippen LogP contribution in [0.3, 0.4) is 0 Å². The van der Waals surface area contributed by atoms with Gasteiger partial charge in [-0.2, -0.15) is 0 Å². The van der Waals surface area contributed by atoms with Gasteiger partial charge in [-0.3, -0.25) is 9.78 Å². The van der Waals surface area contributed by atoms with Crippen molar-refractivity contribution in [3.63, 3.8) is 0 Å². The molecule has 3 unspecified atom stereocenters. The van der Waals surface area contributed by atoms with Gasteiger partial charge < -0.3 is 10.8 Å². The molecule has 3 atom stereocenters. The first kappa shape index (κ1) is 13.6. The molecular formula is C13H20N2O2. The topological polar surface area (TPSA) is 76.2 Å². The Kier molecular flexibility index (Phi) is 5.10. The van der Waals surface area contributed by atoms with Crippen molar-refractivity contribution in [2.45, 2.75) is 38.6 Å². The number of nitrogens with zero attached hydrogens (tertiary/aromatic N) is 1. The van der Waals surface area contributed by atoms with Crippen LogP contribution in [0.15, 0.2) is 24.5 Å². The maximum atomic E-state index is 10.8. The number of carbonyl (C=O) groups is 1. The van der Waals surface area contributed by atoms with E-state index in [1.807, 2.05) is 19.1 Å². The van der Waals surface area contributed by atoms with Gasteiger partial charge in [0.1, 0.15) is 0 Å². The third-order valence-corrected chi connectivity index (χ3v) is 3.10. The second kappa shape index (κ2) is 6.35. The van der Waals surface area contributed by atoms with E-state index in [4.69, 9.17) is 10.8 Å². The van der Waals surface area contributed by atoms with Crippen molar-refractivity contribution < 1.29 is 9.90 Å². The minimum Gasteiger partial charge on any atom is -0.481 e. The van der Waals surface area contributed by atoms with E-state index in [0.717, 1.165) is 12.0 Å². The van der Waals surface area contributed by atoms with Gasteiger partial charge >= 0.3 is 5.97 Å². The fourth-order valence-electron chi connectivity index (χ4n) is 1.90. The van der Waals surface area contributed by atoms with Crippen LogP contribution >= 0.6 is 0 Å². The zero-order valence-electron chi connectivity index (χ0n) is 10.3. The van der Waals surface area contributed by atoms with Gasteiger partial charge in [-0.15, -0.1) is 0 Å². The number of nitrogens with two attached hydrogens (primary N) is 1. The van der Waals surface area contributed by atoms with Crippen molar-refractivity contribution in [2.75, 3.05) is 0 Å². The predicted molar refractivity (Wildman–Crippen MR) is 66.7 cm³/mol. The molecule has 0 aromatic carbocycles. The molecule has 0 amide bonds. The molecule has 0 aliphatic carbocycles. The minimum atomic E-state index is -0.747. The smallest absolute Gasteiger partial charge is 0.306 e. The largest absolute Gasteiger partial charge is 0.481 e. The first-order valence-corrected chi connectivity index (χ1v) is 5.90. The van der Waals surface area contributed by atoms with Crippen molar-refractivity contribution >= 4 is 5.97 Å². The normalized spacial score (nSPS) is 16.2. The highest BCUT2D eigenvalue weighted by molar-refractivity contribution is 5.69. The summed E-state index contributed by atoms with van der Waals surface area (Å²) in [6, 6.07) is 3.90. The van der Waals surface area contributed by atoms with Crippen LogP contribution in [0.2, 0.25) is 0 Å². The maximum Gasteiger partial charge on any atom is 0.306 e. The van der Waals surface area contributed by atoms with Gasteiger partial charge in [0.25, 0.3) is 0 Å². The van der Waals surface area contributed by atoms with Crippen molar-refractivity contribution in [3.05, 3.63) is 30.1 Å². The summed E-state index contributed by atoms with van der Waals surface area (Å²) in [4.78, 5) is 14.8. The first-order valence-electron chi connectivity index (χ1n) is 5.90. The number of hydrogen-bond donors (Lipinski definition) is 2. The van der Waals surface area contributed by atoms with Gasteiger partial charge in [-0.05, 0) is 43.4 Å². The van der Waals surface area contributed by atoms with E-state index in [-0.39, 0.29) is 17.9 Å². The molecule has 1 heterocycles. The summed E-state index contributed by atoms with van der Waals surface area (Å²) in [6.45, 7) is 3.68. The number of pyridine rings is 1. The van der Waals surface area contributed by atoms with Crippen LogP contribution in [-0.4, -0.2) is 22.1 Å². The Morgan fingerprint density at radius 1 is 1.35 bits per heavy atom. The summed E-state index contributed by atoms with van der Waals surface area (Å²) in [5, 5.41) is 8.86. The lowest BCUT2D eigenvalue weighted by Crippen LogP contribution is -2.25. The highest BCUT2D eigenvalue weighted by Gasteiger charge is 2.19. The maximum absolute atomic E-state index is 10.8. The van der Waals surface area contributed by atoms with E-state index < -0.39 is 5.97 Å². The van der Waals surface area contributed by atoms with Gasteiger partial charge in [0, 0.05) is 18.4 Å². The third-order valence-electron chi connectivity index (χ3n) is 3.10. The molecule has 4 nitrogen and oxygen atoms in total. The Morgan fingerprint density at radius 2 is 1.94 bits per heavy atom. The Balaban J connectivity index is 2.65. The average molecular weight is 236 g/mol. The van der Waals surface area contributed by atoms with Crippen LogP contribution in [0.5, 0.6) is 0 Å². The molecule has 1 rings (SSSR count). The molecule has 0 saturated heterocycles. The lowest BCUT2D eigenvalue weighted by molar-refractivity contribution is -0.141. The van der Waals surface area contributed by atoms with Crippen LogP contribution in [0, 0.1) is 5.92 Å². The predicted octanol–water partition coefficient (Wildman–Crippen LogP) is 2.01. The van der Waals surface area contributed by atoms with E-state index in [2.05, 4.69) is 4.98 Å². The summed E-state index contributed by atoms with van der Waals surface area (Å²) < 4.78 is 0. The quantitative estimate of drug-likeness (QED) is 0.792. The number of aliphatic carboxylic acids is 1. The van der Waals surface area contributed by atoms with E-state index >= 15 is 0 Å². The number of rotatable bonds is 6. The number of hydrogen-bond acceptors (Lipinski definition) is 3. The number of aromatic nitrogens is 1. The van der Waals surface area contributed by atoms with Gasteiger partial charge in [-0.25, -0.2) is 0 Å². The summed E-state index contributed by atoms with van der Waals surface area (Å²) in [6.07, 6.45) is 4.91. The van der Waals surface area contributed by atoms with Crippen molar-refractivity contribution in [1.29, 1.82) is 0 Å². The average Bonchev–Trinajstić information content (AvgIpc) is 2.29. The van der Waals surface area contributed by atoms with E-state index in [1.54, 1.807) is 19.3 Å². The van der Waals surface area contributed by atoms with Crippen LogP contribution < -0.4 is 5.73 Å². The number of carboxylic acid groups (broad SMARTS) is 1. The Labute approximate surface area is 102 Å². The molecule has 0 aliphatic rings. The molecule has 17 heavy (non-hydrogen) atoms. The molecule has 0 radical (unpaired) electrons. The van der Waals surface area contributed by atoms with Crippen LogP contribution in [0.4, 0.5) is 0 Å². The molecule has 0 bridgehead atoms. The fourth-order valence-corrected chi connectivity index (χ4v) is 1.90. The van der Waals surface area contributed by atoms with Crippen LogP contribution in [-0.2, 0) is 4.79 Å². The Morgan fingerprint density at radius 3 is 2.41 bits per heavy atom. The van der Waals surface area contributed by atoms with E-state index in [0.29, 0.717) is 6.42 Å². The van der Waals surface area contributed by atoms with Crippen molar-refractivity contribution in [2.24, 2.45) is 11.7 Å². The molecule has 4 heteroatoms. The van der Waals surface area contributed by atoms with Crippen LogP contribution in [0.25, 0.3) is 0 Å². The monoisotopic (exact) mass is 236 g/mol. The molecule has 0 spiro atoms. The lowest BCUT2D eigenvalue weighted by Gasteiger charge is -2.22. The second-order valence-electron chi connectivity index (χ2n) is 4.56. The van der Waals surface area contributed by atoms with Gasteiger partial charge in [0.15, 0.2) is 0 Å². The second-order valence-corrected chi connectivity index (χ2v) is 4.56. The highest BCUT2D eigenvalue weighted by Crippen LogP contribution is 2.25. The third kappa shape index (κ3) is 4.15. The molecule has 3 N–H and O–H groups in total. The van der Waals surface area contributed by atoms with E-state index in [9.17, 15) is 4.79 Å². The van der Waals surface area contributed by atoms with Crippen molar-refractivity contribution in [3.8, 4) is 0 Å². The minimum absolute atomic E-state index is 0.0124. The van der Waals surface area contributed by atoms with Crippen LogP contribution in [0.1, 0.15) is 38.2 Å². The molecule has 0 saturated carbocycles. The fraction of sp³-hybridized carbons (Fsp3) is 0.538. The van der Waals surface area contributed by atoms with Gasteiger partial charge in [0.2, 0.25) is 0 Å². The summed E-state index contributed by atoms with van der Waals surface area (Å²) in [7, 11) is 0. The first-order chi connectivity index (χ1) is 8.02. The molecule has 1 aromatic heterocycles. The van der Waals surface area contributed by atoms with Gasteiger partial charge in [-0.1, -0.05) is 6.92 Å². The summed E-state index contributed by atoms with van der Waals surface area (Å²) in [5.74, 6) is -0.874. The Bertz CT molecular complexity index is 352. The number of carboxylic acids is 1. The molecule has 1 aromatic rings. The molecule has 0 aliphatic heterocycles. The Hall–Kier alpha value is -1.42. The molecule has 0 fully saturated rings. The summed E-state index contributed by atoms with van der Waals surface area (Å²) >= 11 is 0. The highest BCUT2D eigenvalue weighted by atomic mass is 16.4. The standard InChI is InChI=1S/C13H20N2O2/c1-9(13(16)17)3-4-12(10(2)14)11-5-7-15-8-6-11/h5-10,12H,3-4,14H2,1-2H3,(H,16,17). The lowest BCUT2D eigenvalue weighted by atomic mass is 9.87. The van der Waals surface area contributed by atoms with Crippen molar-refractivity contribution in [1.82, 2.24) is 4.98 Å². The SMILES string of the molecule is CC(CCC(c1ccncc1)C(C)N)C(=O)O. The molecular weight excluding hydrogens is 216 g/mol. The summed E-state index contributed by atoms with van der Waals surface area (Å²) in [5.41, 5.74) is 7.10. The zero-order chi connectivity index (χ0) is 12.8. The van der Waals surface area contributed by atoms with E-state index in [1.165, 1.54) is 0 Å². The molecule has 94 valence electrons. The van der Waals surface area contributed by atoms with Gasteiger partial charge in [0.05, 0.1) is 5.92 Å².